The monoisotopic (exact) mass is 339 g/mol. The molecule has 124 valence electrons. The number of sulfonamides is 1. The Balaban J connectivity index is 2.33. The normalized spacial score (nSPS) is 12.7. The van der Waals surface area contributed by atoms with Gasteiger partial charge in [0.05, 0.1) is 14.2 Å². The van der Waals surface area contributed by atoms with E-state index in [1.165, 1.54) is 50.6 Å². The van der Waals surface area contributed by atoms with Gasteiger partial charge >= 0.3 is 0 Å². The van der Waals surface area contributed by atoms with Gasteiger partial charge in [-0.15, -0.1) is 0 Å². The fourth-order valence-electron chi connectivity index (χ4n) is 2.11. The molecule has 2 aromatic rings. The van der Waals surface area contributed by atoms with Crippen LogP contribution in [-0.4, -0.2) is 22.6 Å². The second-order valence-electron chi connectivity index (χ2n) is 4.91. The summed E-state index contributed by atoms with van der Waals surface area (Å²) in [6, 6.07) is 9.63. The van der Waals surface area contributed by atoms with Crippen LogP contribution < -0.4 is 14.2 Å². The number of hydrogen-bond donors (Lipinski definition) is 1. The summed E-state index contributed by atoms with van der Waals surface area (Å²) in [5.74, 6) is 0.239. The first-order chi connectivity index (χ1) is 10.9. The molecule has 0 aliphatic heterocycles. The maximum atomic E-state index is 13.0. The van der Waals surface area contributed by atoms with Crippen molar-refractivity contribution in [1.29, 1.82) is 0 Å². The number of methoxy groups -OCH3 is 2. The molecule has 7 heteroatoms. The summed E-state index contributed by atoms with van der Waals surface area (Å²) in [6.45, 7) is 1.68. The second kappa shape index (κ2) is 6.97. The van der Waals surface area contributed by atoms with Crippen LogP contribution in [0.25, 0.3) is 0 Å². The van der Waals surface area contributed by atoms with E-state index in [9.17, 15) is 12.8 Å². The first-order valence-corrected chi connectivity index (χ1v) is 8.35. The van der Waals surface area contributed by atoms with Crippen molar-refractivity contribution in [2.24, 2.45) is 0 Å². The van der Waals surface area contributed by atoms with Crippen molar-refractivity contribution >= 4 is 10.0 Å². The van der Waals surface area contributed by atoms with Gasteiger partial charge < -0.3 is 9.47 Å². The maximum absolute atomic E-state index is 13.0. The Kier molecular flexibility index (Phi) is 5.23. The molecule has 1 atom stereocenters. The minimum Gasteiger partial charge on any atom is -0.497 e. The quantitative estimate of drug-likeness (QED) is 0.879. The molecule has 0 bridgehead atoms. The largest absolute Gasteiger partial charge is 0.497 e. The van der Waals surface area contributed by atoms with Gasteiger partial charge in [-0.1, -0.05) is 12.1 Å². The van der Waals surface area contributed by atoms with Crippen molar-refractivity contribution in [3.05, 3.63) is 53.8 Å². The summed E-state index contributed by atoms with van der Waals surface area (Å²) in [4.78, 5) is -0.0201. The highest BCUT2D eigenvalue weighted by molar-refractivity contribution is 7.89. The van der Waals surface area contributed by atoms with Gasteiger partial charge in [-0.25, -0.2) is 17.5 Å². The summed E-state index contributed by atoms with van der Waals surface area (Å²) in [5, 5.41) is 0. The number of benzene rings is 2. The molecule has 0 radical (unpaired) electrons. The topological polar surface area (TPSA) is 64.6 Å². The summed E-state index contributed by atoms with van der Waals surface area (Å²) in [7, 11) is -0.998. The molecule has 1 N–H and O–H groups in total. The van der Waals surface area contributed by atoms with Crippen LogP contribution in [0.15, 0.2) is 47.4 Å². The van der Waals surface area contributed by atoms with Crippen molar-refractivity contribution in [3.8, 4) is 11.5 Å². The van der Waals surface area contributed by atoms with E-state index in [-0.39, 0.29) is 16.5 Å². The van der Waals surface area contributed by atoms with Crippen LogP contribution in [0.2, 0.25) is 0 Å². The first kappa shape index (κ1) is 17.2. The fraction of sp³-hybridized carbons (Fsp3) is 0.250. The van der Waals surface area contributed by atoms with Crippen molar-refractivity contribution in [2.75, 3.05) is 14.2 Å². The Labute approximate surface area is 135 Å². The first-order valence-electron chi connectivity index (χ1n) is 6.87. The third-order valence-corrected chi connectivity index (χ3v) is 4.92. The van der Waals surface area contributed by atoms with E-state index in [2.05, 4.69) is 4.72 Å². The fourth-order valence-corrected chi connectivity index (χ4v) is 3.53. The summed E-state index contributed by atoms with van der Waals surface area (Å²) >= 11 is 0. The van der Waals surface area contributed by atoms with Crippen molar-refractivity contribution < 1.29 is 22.3 Å². The lowest BCUT2D eigenvalue weighted by molar-refractivity contribution is 0.391. The van der Waals surface area contributed by atoms with Crippen molar-refractivity contribution in [3.63, 3.8) is 0 Å². The SMILES string of the molecule is COc1ccc(OC)c(S(=O)(=O)N[C@H](C)c2ccc(F)cc2)c1. The van der Waals surface area contributed by atoms with Gasteiger partial charge in [0.2, 0.25) is 10.0 Å². The average molecular weight is 339 g/mol. The minimum atomic E-state index is -3.84. The predicted molar refractivity (Wildman–Crippen MR) is 84.7 cm³/mol. The van der Waals surface area contributed by atoms with Gasteiger partial charge in [-0.2, -0.15) is 0 Å². The zero-order valence-electron chi connectivity index (χ0n) is 13.0. The average Bonchev–Trinajstić information content (AvgIpc) is 2.54. The number of halogens is 1. The van der Waals surface area contributed by atoms with Gasteiger partial charge in [0.15, 0.2) is 0 Å². The van der Waals surface area contributed by atoms with E-state index in [0.29, 0.717) is 11.3 Å². The van der Waals surface area contributed by atoms with E-state index in [1.54, 1.807) is 13.0 Å². The molecule has 0 unspecified atom stereocenters. The molecule has 0 aromatic heterocycles. The molecule has 0 spiro atoms. The lowest BCUT2D eigenvalue weighted by Gasteiger charge is -2.17. The highest BCUT2D eigenvalue weighted by Crippen LogP contribution is 2.29. The molecule has 0 aliphatic carbocycles. The standard InChI is InChI=1S/C16H18FNO4S/c1-11(12-4-6-13(17)7-5-12)18-23(19,20)16-10-14(21-2)8-9-15(16)22-3/h4-11,18H,1-3H3/t11-/m1/s1. The number of hydrogen-bond acceptors (Lipinski definition) is 4. The molecule has 2 rings (SSSR count). The Morgan fingerprint density at radius 2 is 1.70 bits per heavy atom. The summed E-state index contributed by atoms with van der Waals surface area (Å²) < 4.78 is 50.9. The number of nitrogens with one attached hydrogen (secondary N) is 1. The zero-order valence-corrected chi connectivity index (χ0v) is 13.9. The van der Waals surface area contributed by atoms with Crippen LogP contribution in [-0.2, 0) is 10.0 Å². The Morgan fingerprint density at radius 1 is 1.04 bits per heavy atom. The van der Waals surface area contributed by atoms with Gasteiger partial charge in [-0.05, 0) is 36.8 Å². The number of ether oxygens (including phenoxy) is 2. The molecular formula is C16H18FNO4S. The smallest absolute Gasteiger partial charge is 0.244 e. The van der Waals surface area contributed by atoms with E-state index in [4.69, 9.17) is 9.47 Å². The van der Waals surface area contributed by atoms with Gasteiger partial charge in [0, 0.05) is 12.1 Å². The predicted octanol–water partition coefficient (Wildman–Crippen LogP) is 2.88. The zero-order chi connectivity index (χ0) is 17.0. The van der Waals surface area contributed by atoms with E-state index >= 15 is 0 Å². The summed E-state index contributed by atoms with van der Waals surface area (Å²) in [5.41, 5.74) is 0.650. The van der Waals surface area contributed by atoms with Crippen LogP contribution in [0.3, 0.4) is 0 Å². The molecule has 23 heavy (non-hydrogen) atoms. The molecule has 0 amide bonds. The van der Waals surface area contributed by atoms with Gasteiger partial charge in [0.25, 0.3) is 0 Å². The van der Waals surface area contributed by atoms with Crippen LogP contribution in [0.5, 0.6) is 11.5 Å². The van der Waals surface area contributed by atoms with Crippen LogP contribution in [0.4, 0.5) is 4.39 Å². The molecule has 2 aromatic carbocycles. The molecule has 0 heterocycles. The molecule has 0 aliphatic rings. The Morgan fingerprint density at radius 3 is 2.26 bits per heavy atom. The van der Waals surface area contributed by atoms with Crippen LogP contribution >= 0.6 is 0 Å². The lowest BCUT2D eigenvalue weighted by Crippen LogP contribution is -2.27. The second-order valence-corrected chi connectivity index (χ2v) is 6.59. The maximum Gasteiger partial charge on any atom is 0.244 e. The molecule has 0 fully saturated rings. The molecular weight excluding hydrogens is 321 g/mol. The third kappa shape index (κ3) is 4.00. The van der Waals surface area contributed by atoms with Crippen LogP contribution in [0.1, 0.15) is 18.5 Å². The van der Waals surface area contributed by atoms with E-state index < -0.39 is 16.1 Å². The lowest BCUT2D eigenvalue weighted by atomic mass is 10.1. The minimum absolute atomic E-state index is 0.0201. The van der Waals surface area contributed by atoms with Crippen LogP contribution in [0, 0.1) is 5.82 Å². The van der Waals surface area contributed by atoms with Crippen molar-refractivity contribution in [1.82, 2.24) is 4.72 Å². The van der Waals surface area contributed by atoms with Gasteiger partial charge in [-0.3, -0.25) is 0 Å². The van der Waals surface area contributed by atoms with Gasteiger partial charge in [0.1, 0.15) is 22.2 Å². The molecule has 5 nitrogen and oxygen atoms in total. The van der Waals surface area contributed by atoms with Crippen molar-refractivity contribution in [2.45, 2.75) is 17.9 Å². The Hall–Kier alpha value is -2.12. The highest BCUT2D eigenvalue weighted by Gasteiger charge is 2.23. The van der Waals surface area contributed by atoms with E-state index in [0.717, 1.165) is 0 Å². The molecule has 0 saturated carbocycles. The third-order valence-electron chi connectivity index (χ3n) is 3.36. The highest BCUT2D eigenvalue weighted by atomic mass is 32.2. The summed E-state index contributed by atoms with van der Waals surface area (Å²) in [6.07, 6.45) is 0. The van der Waals surface area contributed by atoms with E-state index in [1.807, 2.05) is 0 Å². The Bertz CT molecular complexity index is 775. The number of rotatable bonds is 6. The molecule has 0 saturated heterocycles.